The van der Waals surface area contributed by atoms with Gasteiger partial charge in [0.05, 0.1) is 0 Å². The van der Waals surface area contributed by atoms with Crippen molar-refractivity contribution < 1.29 is 0 Å². The summed E-state index contributed by atoms with van der Waals surface area (Å²) >= 11 is 2.02. The molecule has 2 rings (SSSR count). The minimum Gasteiger partial charge on any atom is -0.123 e. The lowest BCUT2D eigenvalue weighted by Gasteiger charge is -2.07. The molecule has 0 saturated heterocycles. The third-order valence-corrected chi connectivity index (χ3v) is 3.61. The molecule has 1 aliphatic carbocycles. The first-order chi connectivity index (χ1) is 5.95. The van der Waals surface area contributed by atoms with E-state index in [9.17, 15) is 0 Å². The van der Waals surface area contributed by atoms with Crippen LogP contribution in [-0.2, 0) is 0 Å². The highest BCUT2D eigenvalue weighted by molar-refractivity contribution is 8.00. The summed E-state index contributed by atoms with van der Waals surface area (Å²) in [6.07, 6.45) is 5.65. The molecule has 1 heteroatoms. The van der Waals surface area contributed by atoms with Crippen molar-refractivity contribution in [1.82, 2.24) is 0 Å². The van der Waals surface area contributed by atoms with Crippen LogP contribution in [0, 0.1) is 6.07 Å². The van der Waals surface area contributed by atoms with E-state index in [1.165, 1.54) is 30.6 Å². The maximum atomic E-state index is 3.11. The zero-order chi connectivity index (χ0) is 8.23. The molecule has 1 aromatic carbocycles. The smallest absolute Gasteiger partial charge is 0.00944 e. The van der Waals surface area contributed by atoms with Crippen LogP contribution in [0.25, 0.3) is 0 Å². The van der Waals surface area contributed by atoms with Gasteiger partial charge in [-0.15, -0.1) is 11.8 Å². The van der Waals surface area contributed by atoms with Gasteiger partial charge >= 0.3 is 0 Å². The molecule has 0 nitrogen and oxygen atoms in total. The van der Waals surface area contributed by atoms with Crippen LogP contribution in [0.5, 0.6) is 0 Å². The molecular formula is C11H13S. The van der Waals surface area contributed by atoms with Crippen LogP contribution in [-0.4, -0.2) is 5.25 Å². The van der Waals surface area contributed by atoms with Gasteiger partial charge in [0, 0.05) is 10.1 Å². The Hall–Kier alpha value is -0.430. The summed E-state index contributed by atoms with van der Waals surface area (Å²) in [5.74, 6) is 0. The van der Waals surface area contributed by atoms with Crippen LogP contribution in [0.3, 0.4) is 0 Å². The van der Waals surface area contributed by atoms with Gasteiger partial charge in [0.15, 0.2) is 0 Å². The van der Waals surface area contributed by atoms with E-state index in [1.807, 2.05) is 17.8 Å². The first-order valence-electron chi connectivity index (χ1n) is 4.58. The van der Waals surface area contributed by atoms with E-state index in [2.05, 4.69) is 24.3 Å². The highest BCUT2D eigenvalue weighted by atomic mass is 32.2. The number of hydrogen-bond donors (Lipinski definition) is 0. The van der Waals surface area contributed by atoms with Crippen molar-refractivity contribution in [2.24, 2.45) is 0 Å². The number of thioether (sulfide) groups is 1. The molecule has 12 heavy (non-hydrogen) atoms. The second-order valence-electron chi connectivity index (χ2n) is 3.26. The molecule has 1 aromatic rings. The Morgan fingerprint density at radius 3 is 2.83 bits per heavy atom. The Morgan fingerprint density at radius 2 is 2.17 bits per heavy atom. The van der Waals surface area contributed by atoms with Crippen LogP contribution in [0.4, 0.5) is 0 Å². The van der Waals surface area contributed by atoms with Crippen LogP contribution >= 0.6 is 11.8 Å². The molecule has 0 aromatic heterocycles. The molecule has 1 aliphatic rings. The SMILES string of the molecule is [c]1cccc(SC2CCCC2)c1. The van der Waals surface area contributed by atoms with Crippen LogP contribution in [0.1, 0.15) is 25.7 Å². The van der Waals surface area contributed by atoms with E-state index in [0.717, 1.165) is 5.25 Å². The average Bonchev–Trinajstić information content (AvgIpc) is 2.59. The summed E-state index contributed by atoms with van der Waals surface area (Å²) in [5, 5.41) is 0.876. The molecule has 0 N–H and O–H groups in total. The van der Waals surface area contributed by atoms with Crippen molar-refractivity contribution in [3.63, 3.8) is 0 Å². The summed E-state index contributed by atoms with van der Waals surface area (Å²) in [5.41, 5.74) is 0. The van der Waals surface area contributed by atoms with Crippen molar-refractivity contribution in [3.8, 4) is 0 Å². The second-order valence-corrected chi connectivity index (χ2v) is 4.64. The normalized spacial score (nSPS) is 18.3. The van der Waals surface area contributed by atoms with Gasteiger partial charge in [-0.2, -0.15) is 0 Å². The number of rotatable bonds is 2. The molecule has 1 fully saturated rings. The molecule has 0 bridgehead atoms. The van der Waals surface area contributed by atoms with E-state index in [1.54, 1.807) is 0 Å². The lowest BCUT2D eigenvalue weighted by atomic mass is 10.4. The van der Waals surface area contributed by atoms with E-state index in [4.69, 9.17) is 0 Å². The zero-order valence-corrected chi connectivity index (χ0v) is 7.94. The van der Waals surface area contributed by atoms with Crippen LogP contribution in [0.2, 0.25) is 0 Å². The van der Waals surface area contributed by atoms with Gasteiger partial charge in [-0.3, -0.25) is 0 Å². The molecule has 0 aliphatic heterocycles. The van der Waals surface area contributed by atoms with Gasteiger partial charge in [0.25, 0.3) is 0 Å². The standard InChI is InChI=1S/C11H13S/c1-2-6-10(7-3-1)12-11-8-4-5-9-11/h1-2,6-7,11H,4-5,8-9H2. The van der Waals surface area contributed by atoms with E-state index in [-0.39, 0.29) is 0 Å². The first-order valence-corrected chi connectivity index (χ1v) is 5.46. The van der Waals surface area contributed by atoms with Crippen molar-refractivity contribution in [1.29, 1.82) is 0 Å². The fourth-order valence-electron chi connectivity index (χ4n) is 1.65. The van der Waals surface area contributed by atoms with E-state index in [0.29, 0.717) is 0 Å². The summed E-state index contributed by atoms with van der Waals surface area (Å²) in [6.45, 7) is 0. The van der Waals surface area contributed by atoms with Gasteiger partial charge in [-0.05, 0) is 31.0 Å². The Kier molecular flexibility index (Phi) is 2.72. The van der Waals surface area contributed by atoms with E-state index >= 15 is 0 Å². The number of benzene rings is 1. The Morgan fingerprint density at radius 1 is 1.33 bits per heavy atom. The lowest BCUT2D eigenvalue weighted by Crippen LogP contribution is -1.92. The third-order valence-electron chi connectivity index (χ3n) is 2.28. The Bertz CT molecular complexity index is 224. The van der Waals surface area contributed by atoms with Crippen molar-refractivity contribution in [2.45, 2.75) is 35.8 Å². The molecule has 0 heterocycles. The first kappa shape index (κ1) is 8.18. The minimum absolute atomic E-state index is 0.876. The van der Waals surface area contributed by atoms with Gasteiger partial charge in [-0.25, -0.2) is 0 Å². The highest BCUT2D eigenvalue weighted by Gasteiger charge is 2.15. The fraction of sp³-hybridized carbons (Fsp3) is 0.455. The quantitative estimate of drug-likeness (QED) is 0.666. The van der Waals surface area contributed by atoms with Gasteiger partial charge in [0.1, 0.15) is 0 Å². The monoisotopic (exact) mass is 177 g/mol. The maximum absolute atomic E-state index is 3.11. The number of hydrogen-bond acceptors (Lipinski definition) is 1. The zero-order valence-electron chi connectivity index (χ0n) is 7.12. The van der Waals surface area contributed by atoms with Crippen LogP contribution < -0.4 is 0 Å². The molecule has 0 unspecified atom stereocenters. The molecule has 0 amide bonds. The summed E-state index contributed by atoms with van der Waals surface area (Å²) in [6, 6.07) is 11.4. The highest BCUT2D eigenvalue weighted by Crippen LogP contribution is 2.34. The average molecular weight is 177 g/mol. The predicted octanol–water partition coefficient (Wildman–Crippen LogP) is 3.52. The Labute approximate surface area is 78.4 Å². The Balaban J connectivity index is 1.94. The third kappa shape index (κ3) is 2.04. The fourth-order valence-corrected chi connectivity index (χ4v) is 2.90. The minimum atomic E-state index is 0.876. The largest absolute Gasteiger partial charge is 0.123 e. The molecule has 0 atom stereocenters. The molecule has 1 radical (unpaired) electrons. The van der Waals surface area contributed by atoms with Gasteiger partial charge in [0.2, 0.25) is 0 Å². The van der Waals surface area contributed by atoms with Gasteiger partial charge < -0.3 is 0 Å². The van der Waals surface area contributed by atoms with Crippen molar-refractivity contribution in [3.05, 3.63) is 30.3 Å². The molecule has 1 saturated carbocycles. The summed E-state index contributed by atoms with van der Waals surface area (Å²) in [7, 11) is 0. The van der Waals surface area contributed by atoms with Crippen LogP contribution in [0.15, 0.2) is 29.2 Å². The molecule has 0 spiro atoms. The summed E-state index contributed by atoms with van der Waals surface area (Å²) < 4.78 is 0. The predicted molar refractivity (Wildman–Crippen MR) is 53.4 cm³/mol. The molecule has 63 valence electrons. The maximum Gasteiger partial charge on any atom is 0.00944 e. The van der Waals surface area contributed by atoms with Gasteiger partial charge in [-0.1, -0.05) is 25.0 Å². The summed E-state index contributed by atoms with van der Waals surface area (Å²) in [4.78, 5) is 1.38. The molecular weight excluding hydrogens is 164 g/mol. The van der Waals surface area contributed by atoms with E-state index < -0.39 is 0 Å². The topological polar surface area (TPSA) is 0 Å². The van der Waals surface area contributed by atoms with Crippen molar-refractivity contribution in [2.75, 3.05) is 0 Å². The second kappa shape index (κ2) is 3.99. The van der Waals surface area contributed by atoms with Crippen molar-refractivity contribution >= 4 is 11.8 Å². The lowest BCUT2D eigenvalue weighted by molar-refractivity contribution is 0.886.